The Bertz CT molecular complexity index is 568. The first kappa shape index (κ1) is 15.2. The maximum Gasteiger partial charge on any atom is 0.142 e. The molecule has 1 aromatic carbocycles. The second-order valence-corrected chi connectivity index (χ2v) is 5.51. The molecule has 2 rings (SSSR count). The van der Waals surface area contributed by atoms with Crippen molar-refractivity contribution in [2.24, 2.45) is 0 Å². The quantitative estimate of drug-likeness (QED) is 0.865. The van der Waals surface area contributed by atoms with Gasteiger partial charge in [-0.25, -0.2) is 4.39 Å². The summed E-state index contributed by atoms with van der Waals surface area (Å²) in [5.74, 6) is -0.217. The fourth-order valence-corrected chi connectivity index (χ4v) is 2.52. The van der Waals surface area contributed by atoms with Crippen LogP contribution in [0.1, 0.15) is 37.4 Å². The number of hydrogen-bond acceptors (Lipinski definition) is 2. The highest BCUT2D eigenvalue weighted by Gasteiger charge is 2.20. The van der Waals surface area contributed by atoms with Gasteiger partial charge >= 0.3 is 0 Å². The van der Waals surface area contributed by atoms with Gasteiger partial charge in [-0.3, -0.25) is 4.68 Å². The molecule has 5 heteroatoms. The van der Waals surface area contributed by atoms with Crippen LogP contribution in [0.25, 0.3) is 0 Å². The van der Waals surface area contributed by atoms with Crippen LogP contribution in [0.2, 0.25) is 0 Å². The molecule has 0 saturated carbocycles. The zero-order valence-corrected chi connectivity index (χ0v) is 13.3. The van der Waals surface area contributed by atoms with E-state index in [4.69, 9.17) is 0 Å². The van der Waals surface area contributed by atoms with Crippen LogP contribution in [0.5, 0.6) is 0 Å². The van der Waals surface area contributed by atoms with Gasteiger partial charge in [0, 0.05) is 23.9 Å². The molecule has 0 aliphatic heterocycles. The summed E-state index contributed by atoms with van der Waals surface area (Å²) in [6.45, 7) is 5.76. The summed E-state index contributed by atoms with van der Waals surface area (Å²) in [6, 6.07) is 5.21. The smallest absolute Gasteiger partial charge is 0.142 e. The SMILES string of the molecule is CCCNC(c1cnn(CC)c1)c1cccc(Br)c1F. The summed E-state index contributed by atoms with van der Waals surface area (Å²) in [7, 11) is 0. The number of benzene rings is 1. The van der Waals surface area contributed by atoms with Gasteiger partial charge in [0.2, 0.25) is 0 Å². The van der Waals surface area contributed by atoms with E-state index in [-0.39, 0.29) is 11.9 Å². The van der Waals surface area contributed by atoms with E-state index in [1.807, 2.05) is 29.9 Å². The molecular weight excluding hydrogens is 321 g/mol. The molecule has 2 aromatic rings. The van der Waals surface area contributed by atoms with Gasteiger partial charge in [0.25, 0.3) is 0 Å². The van der Waals surface area contributed by atoms with E-state index in [1.54, 1.807) is 12.3 Å². The van der Waals surface area contributed by atoms with Gasteiger partial charge in [-0.15, -0.1) is 0 Å². The van der Waals surface area contributed by atoms with Gasteiger partial charge < -0.3 is 5.32 Å². The topological polar surface area (TPSA) is 29.9 Å². The van der Waals surface area contributed by atoms with E-state index >= 15 is 0 Å². The molecule has 1 aromatic heterocycles. The fraction of sp³-hybridized carbons (Fsp3) is 0.400. The van der Waals surface area contributed by atoms with Crippen molar-refractivity contribution in [3.63, 3.8) is 0 Å². The van der Waals surface area contributed by atoms with Crippen LogP contribution in [0.4, 0.5) is 4.39 Å². The third kappa shape index (κ3) is 3.27. The molecule has 0 fully saturated rings. The van der Waals surface area contributed by atoms with Gasteiger partial charge in [0.15, 0.2) is 0 Å². The number of halogens is 2. The highest BCUT2D eigenvalue weighted by molar-refractivity contribution is 9.10. The molecule has 0 aliphatic carbocycles. The second-order valence-electron chi connectivity index (χ2n) is 4.66. The summed E-state index contributed by atoms with van der Waals surface area (Å²) in [6.07, 6.45) is 4.76. The maximum atomic E-state index is 14.3. The molecule has 1 heterocycles. The first-order valence-electron chi connectivity index (χ1n) is 6.87. The van der Waals surface area contributed by atoms with Crippen molar-refractivity contribution in [2.45, 2.75) is 32.9 Å². The average Bonchev–Trinajstić information content (AvgIpc) is 2.92. The zero-order valence-electron chi connectivity index (χ0n) is 11.7. The summed E-state index contributed by atoms with van der Waals surface area (Å²) in [4.78, 5) is 0. The molecule has 0 saturated heterocycles. The molecule has 0 aliphatic rings. The monoisotopic (exact) mass is 339 g/mol. The van der Waals surface area contributed by atoms with Crippen LogP contribution >= 0.6 is 15.9 Å². The van der Waals surface area contributed by atoms with E-state index in [2.05, 4.69) is 33.3 Å². The Hall–Kier alpha value is -1.20. The standard InChI is InChI=1S/C15H19BrFN3/c1-3-8-18-15(11-9-19-20(4-2)10-11)12-6-5-7-13(16)14(12)17/h5-7,9-10,15,18H,3-4,8H2,1-2H3. The minimum atomic E-state index is -0.217. The Kier molecular flexibility index (Phi) is 5.31. The first-order chi connectivity index (χ1) is 9.67. The third-order valence-corrected chi connectivity index (χ3v) is 3.81. The normalized spacial score (nSPS) is 12.6. The van der Waals surface area contributed by atoms with Gasteiger partial charge in [-0.1, -0.05) is 19.1 Å². The Labute approximate surface area is 127 Å². The van der Waals surface area contributed by atoms with E-state index in [0.29, 0.717) is 10.0 Å². The molecule has 1 unspecified atom stereocenters. The third-order valence-electron chi connectivity index (χ3n) is 3.20. The van der Waals surface area contributed by atoms with Gasteiger partial charge in [0.1, 0.15) is 5.82 Å². The van der Waals surface area contributed by atoms with Crippen molar-refractivity contribution in [2.75, 3.05) is 6.54 Å². The number of nitrogens with zero attached hydrogens (tertiary/aromatic N) is 2. The van der Waals surface area contributed by atoms with Crippen molar-refractivity contribution in [1.82, 2.24) is 15.1 Å². The van der Waals surface area contributed by atoms with E-state index in [0.717, 1.165) is 25.1 Å². The van der Waals surface area contributed by atoms with E-state index in [9.17, 15) is 4.39 Å². The van der Waals surface area contributed by atoms with Gasteiger partial charge in [0.05, 0.1) is 16.7 Å². The van der Waals surface area contributed by atoms with E-state index < -0.39 is 0 Å². The summed E-state index contributed by atoms with van der Waals surface area (Å²) in [5.41, 5.74) is 1.63. The largest absolute Gasteiger partial charge is 0.306 e. The number of hydrogen-bond donors (Lipinski definition) is 1. The van der Waals surface area contributed by atoms with Crippen molar-refractivity contribution in [3.8, 4) is 0 Å². The Morgan fingerprint density at radius 1 is 1.40 bits per heavy atom. The van der Waals surface area contributed by atoms with Crippen LogP contribution in [0.15, 0.2) is 35.1 Å². The van der Waals surface area contributed by atoms with Gasteiger partial charge in [-0.05, 0) is 41.9 Å². The molecule has 0 amide bonds. The van der Waals surface area contributed by atoms with Crippen LogP contribution in [0, 0.1) is 5.82 Å². The van der Waals surface area contributed by atoms with Crippen LogP contribution in [-0.4, -0.2) is 16.3 Å². The zero-order chi connectivity index (χ0) is 14.5. The minimum absolute atomic E-state index is 0.173. The minimum Gasteiger partial charge on any atom is -0.306 e. The predicted molar refractivity (Wildman–Crippen MR) is 82.1 cm³/mol. The predicted octanol–water partition coefficient (Wildman–Crippen LogP) is 3.89. The van der Waals surface area contributed by atoms with Crippen LogP contribution in [0.3, 0.4) is 0 Å². The molecule has 0 radical (unpaired) electrons. The van der Waals surface area contributed by atoms with Crippen molar-refractivity contribution < 1.29 is 4.39 Å². The van der Waals surface area contributed by atoms with E-state index in [1.165, 1.54) is 0 Å². The molecule has 3 nitrogen and oxygen atoms in total. The molecule has 1 N–H and O–H groups in total. The lowest BCUT2D eigenvalue weighted by Gasteiger charge is -2.18. The van der Waals surface area contributed by atoms with Crippen molar-refractivity contribution >= 4 is 15.9 Å². The number of nitrogens with one attached hydrogen (secondary N) is 1. The number of aryl methyl sites for hydroxylation is 1. The maximum absolute atomic E-state index is 14.3. The molecule has 0 bridgehead atoms. The Morgan fingerprint density at radius 2 is 2.20 bits per heavy atom. The van der Waals surface area contributed by atoms with Crippen LogP contribution in [-0.2, 0) is 6.54 Å². The lowest BCUT2D eigenvalue weighted by molar-refractivity contribution is 0.542. The molecule has 108 valence electrons. The number of aromatic nitrogens is 2. The summed E-state index contributed by atoms with van der Waals surface area (Å²) in [5, 5.41) is 7.68. The lowest BCUT2D eigenvalue weighted by atomic mass is 10.0. The molecule has 0 spiro atoms. The Morgan fingerprint density at radius 3 is 2.85 bits per heavy atom. The summed E-state index contributed by atoms with van der Waals surface area (Å²) < 4.78 is 16.7. The van der Waals surface area contributed by atoms with Crippen molar-refractivity contribution in [3.05, 3.63) is 52.0 Å². The Balaban J connectivity index is 2.38. The lowest BCUT2D eigenvalue weighted by Crippen LogP contribution is -2.24. The average molecular weight is 340 g/mol. The highest BCUT2D eigenvalue weighted by Crippen LogP contribution is 2.28. The number of rotatable bonds is 6. The first-order valence-corrected chi connectivity index (χ1v) is 7.66. The van der Waals surface area contributed by atoms with Crippen LogP contribution < -0.4 is 5.32 Å². The van der Waals surface area contributed by atoms with Crippen molar-refractivity contribution in [1.29, 1.82) is 0 Å². The second kappa shape index (κ2) is 6.99. The highest BCUT2D eigenvalue weighted by atomic mass is 79.9. The van der Waals surface area contributed by atoms with Gasteiger partial charge in [-0.2, -0.15) is 5.10 Å². The molecular formula is C15H19BrFN3. The molecule has 20 heavy (non-hydrogen) atoms. The summed E-state index contributed by atoms with van der Waals surface area (Å²) >= 11 is 3.25. The molecule has 1 atom stereocenters. The fourth-order valence-electron chi connectivity index (χ4n) is 2.14.